The lowest BCUT2D eigenvalue weighted by Gasteiger charge is -2.27. The highest BCUT2D eigenvalue weighted by Gasteiger charge is 2.29. The third-order valence-corrected chi connectivity index (χ3v) is 2.81. The van der Waals surface area contributed by atoms with Gasteiger partial charge in [-0.15, -0.1) is 6.58 Å². The van der Waals surface area contributed by atoms with Gasteiger partial charge in [-0.1, -0.05) is 6.08 Å². The Morgan fingerprint density at radius 2 is 2.47 bits per heavy atom. The summed E-state index contributed by atoms with van der Waals surface area (Å²) in [4.78, 5) is 13.9. The Bertz CT molecular complexity index is 231. The van der Waals surface area contributed by atoms with E-state index in [0.29, 0.717) is 13.0 Å². The average molecular weight is 212 g/mol. The van der Waals surface area contributed by atoms with Crippen LogP contribution in [-0.2, 0) is 4.79 Å². The Balaban J connectivity index is 2.71. The summed E-state index contributed by atoms with van der Waals surface area (Å²) in [6.07, 6.45) is 3.18. The standard InChI is InChI=1S/C11H20N2O2/c1-3-7-13-9(2)4-6-12-10(5-8-14)11(13)15/h3,9-10,12,14H,1,4-8H2,2H3. The summed E-state index contributed by atoms with van der Waals surface area (Å²) in [7, 11) is 0. The quantitative estimate of drug-likeness (QED) is 0.651. The molecule has 0 aliphatic carbocycles. The van der Waals surface area contributed by atoms with Crippen molar-refractivity contribution in [2.45, 2.75) is 31.8 Å². The average Bonchev–Trinajstić information content (AvgIpc) is 2.34. The van der Waals surface area contributed by atoms with Crippen molar-refractivity contribution in [3.05, 3.63) is 12.7 Å². The monoisotopic (exact) mass is 212 g/mol. The van der Waals surface area contributed by atoms with Crippen LogP contribution in [0.5, 0.6) is 0 Å². The van der Waals surface area contributed by atoms with Crippen molar-refractivity contribution in [3.63, 3.8) is 0 Å². The fourth-order valence-corrected chi connectivity index (χ4v) is 1.89. The van der Waals surface area contributed by atoms with Crippen LogP contribution >= 0.6 is 0 Å². The van der Waals surface area contributed by atoms with E-state index in [-0.39, 0.29) is 24.6 Å². The van der Waals surface area contributed by atoms with Crippen molar-refractivity contribution in [1.82, 2.24) is 10.2 Å². The van der Waals surface area contributed by atoms with E-state index < -0.39 is 0 Å². The highest BCUT2D eigenvalue weighted by atomic mass is 16.3. The second-order valence-electron chi connectivity index (χ2n) is 3.94. The molecule has 0 aromatic heterocycles. The zero-order chi connectivity index (χ0) is 11.3. The number of carbonyl (C=O) groups is 1. The molecular formula is C11H20N2O2. The minimum Gasteiger partial charge on any atom is -0.396 e. The molecule has 0 bridgehead atoms. The summed E-state index contributed by atoms with van der Waals surface area (Å²) in [5.41, 5.74) is 0. The second-order valence-corrected chi connectivity index (χ2v) is 3.94. The summed E-state index contributed by atoms with van der Waals surface area (Å²) >= 11 is 0. The lowest BCUT2D eigenvalue weighted by atomic mass is 10.1. The number of amides is 1. The molecular weight excluding hydrogens is 192 g/mol. The molecule has 0 aromatic carbocycles. The van der Waals surface area contributed by atoms with Crippen LogP contribution in [0.1, 0.15) is 19.8 Å². The van der Waals surface area contributed by atoms with Crippen molar-refractivity contribution in [2.75, 3.05) is 19.7 Å². The van der Waals surface area contributed by atoms with Gasteiger partial charge in [0.1, 0.15) is 0 Å². The molecule has 1 saturated heterocycles. The highest BCUT2D eigenvalue weighted by molar-refractivity contribution is 5.82. The summed E-state index contributed by atoms with van der Waals surface area (Å²) in [5, 5.41) is 12.0. The van der Waals surface area contributed by atoms with Crippen molar-refractivity contribution >= 4 is 5.91 Å². The van der Waals surface area contributed by atoms with Crippen LogP contribution in [0, 0.1) is 0 Å². The first kappa shape index (κ1) is 12.2. The number of aliphatic hydroxyl groups excluding tert-OH is 1. The van der Waals surface area contributed by atoms with Gasteiger partial charge in [-0.25, -0.2) is 0 Å². The number of nitrogens with one attached hydrogen (secondary N) is 1. The molecule has 1 aliphatic rings. The van der Waals surface area contributed by atoms with Gasteiger partial charge in [0, 0.05) is 19.2 Å². The van der Waals surface area contributed by atoms with Gasteiger partial charge in [0.25, 0.3) is 0 Å². The SMILES string of the molecule is C=CCN1C(=O)C(CCO)NCCC1C. The van der Waals surface area contributed by atoms with Gasteiger partial charge in [0.15, 0.2) is 0 Å². The van der Waals surface area contributed by atoms with Crippen molar-refractivity contribution in [2.24, 2.45) is 0 Å². The minimum atomic E-state index is -0.236. The molecule has 1 aliphatic heterocycles. The summed E-state index contributed by atoms with van der Waals surface area (Å²) in [6.45, 7) is 7.16. The molecule has 1 fully saturated rings. The molecule has 0 saturated carbocycles. The zero-order valence-electron chi connectivity index (χ0n) is 9.28. The number of hydrogen-bond donors (Lipinski definition) is 2. The minimum absolute atomic E-state index is 0.0414. The summed E-state index contributed by atoms with van der Waals surface area (Å²) < 4.78 is 0. The largest absolute Gasteiger partial charge is 0.396 e. The van der Waals surface area contributed by atoms with E-state index in [1.807, 2.05) is 11.8 Å². The van der Waals surface area contributed by atoms with Gasteiger partial charge in [0.05, 0.1) is 6.04 Å². The molecule has 86 valence electrons. The van der Waals surface area contributed by atoms with E-state index in [4.69, 9.17) is 5.11 Å². The number of carbonyl (C=O) groups excluding carboxylic acids is 1. The molecule has 4 nitrogen and oxygen atoms in total. The Morgan fingerprint density at radius 1 is 1.73 bits per heavy atom. The van der Waals surface area contributed by atoms with Crippen LogP contribution in [0.4, 0.5) is 0 Å². The number of rotatable bonds is 4. The summed E-state index contributed by atoms with van der Waals surface area (Å²) in [5.74, 6) is 0.0777. The molecule has 1 amide bonds. The topological polar surface area (TPSA) is 52.6 Å². The Kier molecular flexibility index (Phi) is 4.78. The van der Waals surface area contributed by atoms with Gasteiger partial charge in [-0.3, -0.25) is 4.79 Å². The van der Waals surface area contributed by atoms with Crippen LogP contribution < -0.4 is 5.32 Å². The summed E-state index contributed by atoms with van der Waals surface area (Å²) in [6, 6.07) is 0.00610. The van der Waals surface area contributed by atoms with Crippen LogP contribution in [-0.4, -0.2) is 47.7 Å². The second kappa shape index (κ2) is 5.88. The normalized spacial score (nSPS) is 27.6. The Labute approximate surface area is 91.0 Å². The van der Waals surface area contributed by atoms with E-state index in [2.05, 4.69) is 11.9 Å². The lowest BCUT2D eigenvalue weighted by molar-refractivity contribution is -0.134. The number of nitrogens with zero attached hydrogens (tertiary/aromatic N) is 1. The fourth-order valence-electron chi connectivity index (χ4n) is 1.89. The van der Waals surface area contributed by atoms with E-state index in [1.165, 1.54) is 0 Å². The van der Waals surface area contributed by atoms with Crippen molar-refractivity contribution in [3.8, 4) is 0 Å². The third kappa shape index (κ3) is 3.04. The van der Waals surface area contributed by atoms with Crippen LogP contribution in [0.3, 0.4) is 0 Å². The first-order valence-electron chi connectivity index (χ1n) is 5.46. The van der Waals surface area contributed by atoms with E-state index in [0.717, 1.165) is 13.0 Å². The maximum Gasteiger partial charge on any atom is 0.240 e. The van der Waals surface area contributed by atoms with Crippen LogP contribution in [0.25, 0.3) is 0 Å². The molecule has 2 unspecified atom stereocenters. The number of aliphatic hydroxyl groups is 1. The van der Waals surface area contributed by atoms with Crippen molar-refractivity contribution < 1.29 is 9.90 Å². The first-order valence-corrected chi connectivity index (χ1v) is 5.46. The molecule has 1 heterocycles. The molecule has 0 spiro atoms. The van der Waals surface area contributed by atoms with Gasteiger partial charge in [-0.05, 0) is 26.3 Å². The third-order valence-electron chi connectivity index (χ3n) is 2.81. The highest BCUT2D eigenvalue weighted by Crippen LogP contribution is 2.11. The zero-order valence-corrected chi connectivity index (χ0v) is 9.28. The van der Waals surface area contributed by atoms with Crippen LogP contribution in [0.2, 0.25) is 0 Å². The van der Waals surface area contributed by atoms with E-state index in [1.54, 1.807) is 6.08 Å². The number of hydrogen-bond acceptors (Lipinski definition) is 3. The Morgan fingerprint density at radius 3 is 3.07 bits per heavy atom. The lowest BCUT2D eigenvalue weighted by Crippen LogP contribution is -2.46. The predicted molar refractivity (Wildman–Crippen MR) is 59.5 cm³/mol. The fraction of sp³-hybridized carbons (Fsp3) is 0.727. The maximum atomic E-state index is 12.0. The van der Waals surface area contributed by atoms with E-state index >= 15 is 0 Å². The van der Waals surface area contributed by atoms with E-state index in [9.17, 15) is 4.79 Å². The van der Waals surface area contributed by atoms with Crippen LogP contribution in [0.15, 0.2) is 12.7 Å². The molecule has 15 heavy (non-hydrogen) atoms. The van der Waals surface area contributed by atoms with Gasteiger partial charge < -0.3 is 15.3 Å². The molecule has 1 rings (SSSR count). The molecule has 2 N–H and O–H groups in total. The van der Waals surface area contributed by atoms with Gasteiger partial charge in [0.2, 0.25) is 5.91 Å². The van der Waals surface area contributed by atoms with Gasteiger partial charge >= 0.3 is 0 Å². The van der Waals surface area contributed by atoms with Crippen molar-refractivity contribution in [1.29, 1.82) is 0 Å². The molecule has 2 atom stereocenters. The molecule has 4 heteroatoms. The Hall–Kier alpha value is -0.870. The predicted octanol–water partition coefficient (Wildman–Crippen LogP) is 0.134. The van der Waals surface area contributed by atoms with Gasteiger partial charge in [-0.2, -0.15) is 0 Å². The smallest absolute Gasteiger partial charge is 0.240 e. The molecule has 0 aromatic rings. The maximum absolute atomic E-state index is 12.0. The first-order chi connectivity index (χ1) is 7.20. The molecule has 0 radical (unpaired) electrons.